The first-order valence-corrected chi connectivity index (χ1v) is 5.72. The van der Waals surface area contributed by atoms with Crippen molar-refractivity contribution >= 4 is 5.69 Å². The van der Waals surface area contributed by atoms with Gasteiger partial charge < -0.3 is 10.7 Å². The highest BCUT2D eigenvalue weighted by molar-refractivity contribution is 5.61. The number of nitrogen functional groups attached to an aromatic ring is 1. The van der Waals surface area contributed by atoms with Crippen LogP contribution in [0.2, 0.25) is 0 Å². The second-order valence-electron chi connectivity index (χ2n) is 4.32. The Kier molecular flexibility index (Phi) is 2.21. The van der Waals surface area contributed by atoms with Gasteiger partial charge in [-0.05, 0) is 31.4 Å². The quantitative estimate of drug-likeness (QED) is 0.725. The van der Waals surface area contributed by atoms with Crippen LogP contribution in [0, 0.1) is 0 Å². The number of aromatic nitrogens is 2. The summed E-state index contributed by atoms with van der Waals surface area (Å²) in [5.41, 5.74) is 9.03. The van der Waals surface area contributed by atoms with Gasteiger partial charge in [0.05, 0.1) is 5.69 Å². The topological polar surface area (TPSA) is 71.8 Å². The van der Waals surface area contributed by atoms with Gasteiger partial charge in [-0.3, -0.25) is 4.79 Å². The predicted molar refractivity (Wildman–Crippen MR) is 66.7 cm³/mol. The summed E-state index contributed by atoms with van der Waals surface area (Å²) in [6.45, 7) is 0. The van der Waals surface area contributed by atoms with Gasteiger partial charge in [0.2, 0.25) is 0 Å². The number of hydrogen-bond donors (Lipinski definition) is 2. The molecule has 1 aromatic heterocycles. The van der Waals surface area contributed by atoms with Crippen LogP contribution in [0.25, 0.3) is 11.4 Å². The van der Waals surface area contributed by atoms with E-state index in [0.717, 1.165) is 36.1 Å². The van der Waals surface area contributed by atoms with Crippen molar-refractivity contribution in [1.82, 2.24) is 9.97 Å². The molecule has 0 saturated carbocycles. The van der Waals surface area contributed by atoms with Gasteiger partial charge in [0.1, 0.15) is 5.82 Å². The van der Waals surface area contributed by atoms with E-state index >= 15 is 0 Å². The normalized spacial score (nSPS) is 13.6. The van der Waals surface area contributed by atoms with E-state index in [0.29, 0.717) is 11.5 Å². The monoisotopic (exact) mass is 227 g/mol. The standard InChI is InChI=1S/C13H13N3O/c14-9-4-1-3-8(7-9)12-15-11-6-2-5-10(11)13(17)16-12/h1,3-4,7H,2,5-6,14H2,(H,15,16,17). The van der Waals surface area contributed by atoms with E-state index in [9.17, 15) is 4.79 Å². The molecule has 3 N–H and O–H groups in total. The molecule has 0 amide bonds. The number of aromatic amines is 1. The molecule has 0 unspecified atom stereocenters. The number of nitrogens with zero attached hydrogens (tertiary/aromatic N) is 1. The van der Waals surface area contributed by atoms with Crippen LogP contribution in [0.1, 0.15) is 17.7 Å². The number of rotatable bonds is 1. The highest BCUT2D eigenvalue weighted by Crippen LogP contribution is 2.21. The SMILES string of the molecule is Nc1cccc(-c2nc3c(c(=O)[nH]2)CCC3)c1. The maximum atomic E-state index is 11.9. The summed E-state index contributed by atoms with van der Waals surface area (Å²) in [6, 6.07) is 7.39. The van der Waals surface area contributed by atoms with E-state index in [1.807, 2.05) is 24.3 Å². The summed E-state index contributed by atoms with van der Waals surface area (Å²) < 4.78 is 0. The number of benzene rings is 1. The van der Waals surface area contributed by atoms with E-state index in [2.05, 4.69) is 9.97 Å². The van der Waals surface area contributed by atoms with Crippen molar-refractivity contribution < 1.29 is 0 Å². The molecule has 86 valence electrons. The third-order valence-corrected chi connectivity index (χ3v) is 3.10. The lowest BCUT2D eigenvalue weighted by molar-refractivity contribution is 0.899. The Bertz CT molecular complexity index is 631. The maximum Gasteiger partial charge on any atom is 0.254 e. The first-order valence-electron chi connectivity index (χ1n) is 5.72. The number of anilines is 1. The molecule has 0 fully saturated rings. The zero-order valence-electron chi connectivity index (χ0n) is 9.36. The summed E-state index contributed by atoms with van der Waals surface area (Å²) >= 11 is 0. The Morgan fingerprint density at radius 2 is 2.18 bits per heavy atom. The van der Waals surface area contributed by atoms with Crippen LogP contribution in [-0.2, 0) is 12.8 Å². The highest BCUT2D eigenvalue weighted by Gasteiger charge is 2.17. The van der Waals surface area contributed by atoms with Gasteiger partial charge in [-0.15, -0.1) is 0 Å². The third kappa shape index (κ3) is 1.71. The number of fused-ring (bicyclic) bond motifs is 1. The average molecular weight is 227 g/mol. The Balaban J connectivity index is 2.16. The third-order valence-electron chi connectivity index (χ3n) is 3.10. The van der Waals surface area contributed by atoms with E-state index in [-0.39, 0.29) is 5.56 Å². The van der Waals surface area contributed by atoms with Crippen LogP contribution in [0.5, 0.6) is 0 Å². The van der Waals surface area contributed by atoms with E-state index < -0.39 is 0 Å². The minimum absolute atomic E-state index is 0.00933. The van der Waals surface area contributed by atoms with Gasteiger partial charge >= 0.3 is 0 Å². The van der Waals surface area contributed by atoms with Gasteiger partial charge in [-0.25, -0.2) is 4.98 Å². The predicted octanol–water partition coefficient (Wildman–Crippen LogP) is 1.51. The maximum absolute atomic E-state index is 11.9. The molecule has 2 aromatic rings. The summed E-state index contributed by atoms with van der Waals surface area (Å²) in [7, 11) is 0. The number of aryl methyl sites for hydroxylation is 1. The minimum Gasteiger partial charge on any atom is -0.399 e. The summed E-state index contributed by atoms with van der Waals surface area (Å²) in [5.74, 6) is 0.614. The van der Waals surface area contributed by atoms with Crippen molar-refractivity contribution in [3.63, 3.8) is 0 Å². The van der Waals surface area contributed by atoms with Crippen molar-refractivity contribution in [2.24, 2.45) is 0 Å². The molecule has 17 heavy (non-hydrogen) atoms. The van der Waals surface area contributed by atoms with Gasteiger partial charge in [-0.2, -0.15) is 0 Å². The Labute approximate surface area is 98.5 Å². The number of nitrogens with two attached hydrogens (primary N) is 1. The van der Waals surface area contributed by atoms with Gasteiger partial charge in [0.25, 0.3) is 5.56 Å². The average Bonchev–Trinajstić information content (AvgIpc) is 2.77. The molecule has 3 rings (SSSR count). The zero-order valence-corrected chi connectivity index (χ0v) is 9.36. The van der Waals surface area contributed by atoms with Crippen molar-refractivity contribution in [2.45, 2.75) is 19.3 Å². The number of nitrogens with one attached hydrogen (secondary N) is 1. The van der Waals surface area contributed by atoms with Crippen LogP contribution >= 0.6 is 0 Å². The number of H-pyrrole nitrogens is 1. The molecule has 1 aliphatic rings. The molecule has 0 aliphatic heterocycles. The fourth-order valence-corrected chi connectivity index (χ4v) is 2.26. The van der Waals surface area contributed by atoms with Gasteiger partial charge in [-0.1, -0.05) is 12.1 Å². The van der Waals surface area contributed by atoms with Crippen LogP contribution in [0.4, 0.5) is 5.69 Å². The summed E-state index contributed by atoms with van der Waals surface area (Å²) in [6.07, 6.45) is 2.76. The van der Waals surface area contributed by atoms with Crippen molar-refractivity contribution in [3.8, 4) is 11.4 Å². The lowest BCUT2D eigenvalue weighted by atomic mass is 10.2. The van der Waals surface area contributed by atoms with E-state index in [4.69, 9.17) is 5.73 Å². The molecule has 4 heteroatoms. The highest BCUT2D eigenvalue weighted by atomic mass is 16.1. The van der Waals surface area contributed by atoms with Crippen molar-refractivity contribution in [2.75, 3.05) is 5.73 Å². The second kappa shape index (κ2) is 3.73. The van der Waals surface area contributed by atoms with Crippen LogP contribution < -0.4 is 11.3 Å². The van der Waals surface area contributed by atoms with E-state index in [1.54, 1.807) is 0 Å². The molecule has 0 radical (unpaired) electrons. The molecule has 0 atom stereocenters. The molecular weight excluding hydrogens is 214 g/mol. The summed E-state index contributed by atoms with van der Waals surface area (Å²) in [5, 5.41) is 0. The largest absolute Gasteiger partial charge is 0.399 e. The Morgan fingerprint density at radius 1 is 1.29 bits per heavy atom. The number of hydrogen-bond acceptors (Lipinski definition) is 3. The van der Waals surface area contributed by atoms with Crippen molar-refractivity contribution in [1.29, 1.82) is 0 Å². The Hall–Kier alpha value is -2.10. The molecule has 0 saturated heterocycles. The minimum atomic E-state index is -0.00933. The lowest BCUT2D eigenvalue weighted by Gasteiger charge is -2.04. The van der Waals surface area contributed by atoms with Crippen LogP contribution in [-0.4, -0.2) is 9.97 Å². The molecule has 4 nitrogen and oxygen atoms in total. The smallest absolute Gasteiger partial charge is 0.254 e. The summed E-state index contributed by atoms with van der Waals surface area (Å²) in [4.78, 5) is 19.2. The second-order valence-corrected chi connectivity index (χ2v) is 4.32. The zero-order chi connectivity index (χ0) is 11.8. The molecule has 1 heterocycles. The fraction of sp³-hybridized carbons (Fsp3) is 0.231. The van der Waals surface area contributed by atoms with Gasteiger partial charge in [0, 0.05) is 16.8 Å². The van der Waals surface area contributed by atoms with Crippen molar-refractivity contribution in [3.05, 3.63) is 45.9 Å². The molecule has 1 aliphatic carbocycles. The first kappa shape index (κ1) is 10.1. The molecule has 1 aromatic carbocycles. The van der Waals surface area contributed by atoms with Crippen LogP contribution in [0.3, 0.4) is 0 Å². The molecule has 0 spiro atoms. The Morgan fingerprint density at radius 3 is 3.00 bits per heavy atom. The fourth-order valence-electron chi connectivity index (χ4n) is 2.26. The molecular formula is C13H13N3O. The van der Waals surface area contributed by atoms with E-state index in [1.165, 1.54) is 0 Å². The van der Waals surface area contributed by atoms with Crippen LogP contribution in [0.15, 0.2) is 29.1 Å². The van der Waals surface area contributed by atoms with Gasteiger partial charge in [0.15, 0.2) is 0 Å². The first-order chi connectivity index (χ1) is 8.24. The molecule has 0 bridgehead atoms. The lowest BCUT2D eigenvalue weighted by Crippen LogP contribution is -2.15.